The van der Waals surface area contributed by atoms with E-state index in [1.165, 1.54) is 0 Å². The molecule has 0 saturated carbocycles. The summed E-state index contributed by atoms with van der Waals surface area (Å²) in [4.78, 5) is 2.07. The van der Waals surface area contributed by atoms with E-state index < -0.39 is 6.10 Å². The van der Waals surface area contributed by atoms with Crippen LogP contribution in [0.2, 0.25) is 0 Å². The van der Waals surface area contributed by atoms with Crippen molar-refractivity contribution in [1.82, 2.24) is 15.1 Å². The number of rotatable bonds is 5. The highest BCUT2D eigenvalue weighted by Crippen LogP contribution is 2.23. The van der Waals surface area contributed by atoms with Crippen LogP contribution in [-0.2, 0) is 0 Å². The number of aliphatic hydroxyl groups excluding tert-OH is 1. The molecule has 2 atom stereocenters. The summed E-state index contributed by atoms with van der Waals surface area (Å²) in [5, 5.41) is 16.8. The minimum atomic E-state index is -0.471. The summed E-state index contributed by atoms with van der Waals surface area (Å²) in [6, 6.07) is 0.141. The largest absolute Gasteiger partial charge is 0.387 e. The van der Waals surface area contributed by atoms with Crippen molar-refractivity contribution in [2.75, 3.05) is 14.1 Å². The van der Waals surface area contributed by atoms with Gasteiger partial charge in [-0.2, -0.15) is 5.10 Å². The molecule has 4 nitrogen and oxygen atoms in total. The van der Waals surface area contributed by atoms with Gasteiger partial charge in [0.25, 0.3) is 0 Å². The molecule has 1 heterocycles. The maximum Gasteiger partial charge on any atom is 0.0975 e. The number of aliphatic hydroxyl groups is 1. The summed E-state index contributed by atoms with van der Waals surface area (Å²) in [5.74, 6) is 0.568. The molecule has 0 unspecified atom stereocenters. The van der Waals surface area contributed by atoms with Crippen LogP contribution in [0.1, 0.15) is 31.9 Å². The van der Waals surface area contributed by atoms with Gasteiger partial charge in [-0.3, -0.25) is 5.10 Å². The van der Waals surface area contributed by atoms with Crippen molar-refractivity contribution in [3.63, 3.8) is 0 Å². The van der Waals surface area contributed by atoms with E-state index >= 15 is 0 Å². The highest BCUT2D eigenvalue weighted by atomic mass is 16.3. The van der Waals surface area contributed by atoms with Gasteiger partial charge >= 0.3 is 0 Å². The fourth-order valence-corrected chi connectivity index (χ4v) is 1.75. The molecule has 2 N–H and O–H groups in total. The fourth-order valence-electron chi connectivity index (χ4n) is 1.75. The van der Waals surface area contributed by atoms with Crippen LogP contribution in [0, 0.1) is 5.92 Å². The van der Waals surface area contributed by atoms with E-state index in [1.807, 2.05) is 14.1 Å². The quantitative estimate of drug-likeness (QED) is 0.774. The highest BCUT2D eigenvalue weighted by molar-refractivity contribution is 5.09. The van der Waals surface area contributed by atoms with Gasteiger partial charge in [0.1, 0.15) is 0 Å². The summed E-state index contributed by atoms with van der Waals surface area (Å²) in [7, 11) is 3.99. The number of hydrogen-bond donors (Lipinski definition) is 2. The zero-order chi connectivity index (χ0) is 11.4. The second kappa shape index (κ2) is 5.28. The number of nitrogens with zero attached hydrogens (tertiary/aromatic N) is 2. The molecule has 0 saturated heterocycles. The molecule has 86 valence electrons. The lowest BCUT2D eigenvalue weighted by Crippen LogP contribution is -2.35. The molecule has 1 aromatic rings. The third-order valence-corrected chi connectivity index (χ3v) is 2.60. The Hall–Kier alpha value is -0.870. The van der Waals surface area contributed by atoms with Crippen molar-refractivity contribution < 1.29 is 5.11 Å². The molecular weight excluding hydrogens is 190 g/mol. The first kappa shape index (κ1) is 12.2. The zero-order valence-corrected chi connectivity index (χ0v) is 9.94. The monoisotopic (exact) mass is 211 g/mol. The molecule has 0 aromatic carbocycles. The third-order valence-electron chi connectivity index (χ3n) is 2.60. The zero-order valence-electron chi connectivity index (χ0n) is 9.94. The summed E-state index contributed by atoms with van der Waals surface area (Å²) in [5.41, 5.74) is 0.856. The van der Waals surface area contributed by atoms with Crippen LogP contribution in [-0.4, -0.2) is 40.3 Å². The second-order valence-electron chi connectivity index (χ2n) is 4.64. The number of aromatic amines is 1. The van der Waals surface area contributed by atoms with E-state index in [-0.39, 0.29) is 6.04 Å². The van der Waals surface area contributed by atoms with E-state index in [4.69, 9.17) is 0 Å². The molecule has 0 bridgehead atoms. The van der Waals surface area contributed by atoms with E-state index in [0.29, 0.717) is 5.92 Å². The Morgan fingerprint density at radius 1 is 1.47 bits per heavy atom. The summed E-state index contributed by atoms with van der Waals surface area (Å²) >= 11 is 0. The molecule has 0 aliphatic carbocycles. The number of likely N-dealkylation sites (N-methyl/N-ethyl adjacent to an activating group) is 1. The molecule has 0 spiro atoms. The minimum absolute atomic E-state index is 0.141. The van der Waals surface area contributed by atoms with Gasteiger partial charge in [0, 0.05) is 17.8 Å². The van der Waals surface area contributed by atoms with Gasteiger partial charge in [-0.25, -0.2) is 0 Å². The first-order valence-electron chi connectivity index (χ1n) is 5.35. The van der Waals surface area contributed by atoms with Gasteiger partial charge < -0.3 is 10.0 Å². The summed E-state index contributed by atoms with van der Waals surface area (Å²) in [6.45, 7) is 4.33. The molecular formula is C11H21N3O. The van der Waals surface area contributed by atoms with Crippen molar-refractivity contribution >= 4 is 0 Å². The van der Waals surface area contributed by atoms with Gasteiger partial charge in [-0.05, 0) is 26.4 Å². The SMILES string of the molecule is CC(C)C[C@@H]([C@H](O)c1cn[nH]c1)N(C)C. The van der Waals surface area contributed by atoms with Gasteiger partial charge in [0.05, 0.1) is 12.3 Å². The second-order valence-corrected chi connectivity index (χ2v) is 4.64. The van der Waals surface area contributed by atoms with Crippen LogP contribution in [0.4, 0.5) is 0 Å². The average molecular weight is 211 g/mol. The normalized spacial score (nSPS) is 15.9. The molecule has 1 aromatic heterocycles. The summed E-state index contributed by atoms with van der Waals surface area (Å²) in [6.07, 6.45) is 3.93. The van der Waals surface area contributed by atoms with Crippen LogP contribution < -0.4 is 0 Å². The van der Waals surface area contributed by atoms with Crippen molar-refractivity contribution in [2.45, 2.75) is 32.4 Å². The lowest BCUT2D eigenvalue weighted by atomic mass is 9.95. The van der Waals surface area contributed by atoms with Gasteiger partial charge in [-0.15, -0.1) is 0 Å². The van der Waals surface area contributed by atoms with Crippen LogP contribution >= 0.6 is 0 Å². The number of hydrogen-bond acceptors (Lipinski definition) is 3. The molecule has 0 aliphatic rings. The molecule has 15 heavy (non-hydrogen) atoms. The van der Waals surface area contributed by atoms with Crippen molar-refractivity contribution in [3.8, 4) is 0 Å². The Balaban J connectivity index is 2.71. The predicted octanol–water partition coefficient (Wildman–Crippen LogP) is 1.42. The molecule has 0 amide bonds. The lowest BCUT2D eigenvalue weighted by Gasteiger charge is -2.29. The van der Waals surface area contributed by atoms with Crippen LogP contribution in [0.5, 0.6) is 0 Å². The first-order valence-corrected chi connectivity index (χ1v) is 5.35. The standard InChI is InChI=1S/C11H21N3O/c1-8(2)5-10(14(3)4)11(15)9-6-12-13-7-9/h6-8,10-11,15H,5H2,1-4H3,(H,12,13)/t10-,11+/m0/s1. The Morgan fingerprint density at radius 3 is 2.53 bits per heavy atom. The molecule has 0 aliphatic heterocycles. The first-order chi connectivity index (χ1) is 7.02. The van der Waals surface area contributed by atoms with Crippen molar-refractivity contribution in [2.24, 2.45) is 5.92 Å². The number of nitrogens with one attached hydrogen (secondary N) is 1. The van der Waals surface area contributed by atoms with Gasteiger partial charge in [0.15, 0.2) is 0 Å². The van der Waals surface area contributed by atoms with Gasteiger partial charge in [-0.1, -0.05) is 13.8 Å². The molecule has 0 radical (unpaired) electrons. The minimum Gasteiger partial charge on any atom is -0.387 e. The highest BCUT2D eigenvalue weighted by Gasteiger charge is 2.24. The van der Waals surface area contributed by atoms with E-state index in [2.05, 4.69) is 28.9 Å². The van der Waals surface area contributed by atoms with Gasteiger partial charge in [0.2, 0.25) is 0 Å². The van der Waals surface area contributed by atoms with E-state index in [9.17, 15) is 5.11 Å². The molecule has 4 heteroatoms. The van der Waals surface area contributed by atoms with Crippen LogP contribution in [0.15, 0.2) is 12.4 Å². The van der Waals surface area contributed by atoms with Crippen LogP contribution in [0.25, 0.3) is 0 Å². The third kappa shape index (κ3) is 3.32. The smallest absolute Gasteiger partial charge is 0.0975 e. The maximum atomic E-state index is 10.2. The fraction of sp³-hybridized carbons (Fsp3) is 0.727. The van der Waals surface area contributed by atoms with Crippen molar-refractivity contribution in [1.29, 1.82) is 0 Å². The predicted molar refractivity (Wildman–Crippen MR) is 60.5 cm³/mol. The average Bonchev–Trinajstić information content (AvgIpc) is 2.65. The molecule has 1 rings (SSSR count). The lowest BCUT2D eigenvalue weighted by molar-refractivity contribution is 0.0634. The number of H-pyrrole nitrogens is 1. The Kier molecular flexibility index (Phi) is 4.29. The molecule has 0 fully saturated rings. The summed E-state index contributed by atoms with van der Waals surface area (Å²) < 4.78 is 0. The van der Waals surface area contributed by atoms with E-state index in [0.717, 1.165) is 12.0 Å². The van der Waals surface area contributed by atoms with E-state index in [1.54, 1.807) is 12.4 Å². The Labute approximate surface area is 91.3 Å². The van der Waals surface area contributed by atoms with Crippen LogP contribution in [0.3, 0.4) is 0 Å². The topological polar surface area (TPSA) is 52.2 Å². The number of aromatic nitrogens is 2. The Bertz CT molecular complexity index is 269. The Morgan fingerprint density at radius 2 is 2.13 bits per heavy atom. The van der Waals surface area contributed by atoms with Crippen molar-refractivity contribution in [3.05, 3.63) is 18.0 Å². The maximum absolute atomic E-state index is 10.2.